The van der Waals surface area contributed by atoms with E-state index in [1.807, 2.05) is 55.5 Å². The topological polar surface area (TPSA) is 66.5 Å². The smallest absolute Gasteiger partial charge is 0.255 e. The fourth-order valence-corrected chi connectivity index (χ4v) is 3.35. The monoisotopic (exact) mass is 388 g/mol. The number of morpholine rings is 1. The summed E-state index contributed by atoms with van der Waals surface area (Å²) >= 11 is 0. The quantitative estimate of drug-likeness (QED) is 0.685. The molecule has 1 saturated heterocycles. The lowest BCUT2D eigenvalue weighted by Crippen LogP contribution is -2.36. The Kier molecular flexibility index (Phi) is 5.72. The van der Waals surface area contributed by atoms with Crippen molar-refractivity contribution in [1.29, 1.82) is 0 Å². The van der Waals surface area contributed by atoms with Crippen LogP contribution in [0.25, 0.3) is 0 Å². The third-order valence-corrected chi connectivity index (χ3v) is 4.93. The molecule has 0 radical (unpaired) electrons. The van der Waals surface area contributed by atoms with Crippen molar-refractivity contribution in [3.63, 3.8) is 0 Å². The van der Waals surface area contributed by atoms with E-state index in [4.69, 9.17) is 4.74 Å². The highest BCUT2D eigenvalue weighted by atomic mass is 16.5. The number of aryl methyl sites for hydroxylation is 1. The van der Waals surface area contributed by atoms with Crippen molar-refractivity contribution >= 4 is 28.8 Å². The Hall–Kier alpha value is -3.38. The van der Waals surface area contributed by atoms with E-state index >= 15 is 0 Å². The second kappa shape index (κ2) is 8.75. The van der Waals surface area contributed by atoms with Gasteiger partial charge in [0.15, 0.2) is 0 Å². The number of carbonyl (C=O) groups is 1. The molecule has 0 unspecified atom stereocenters. The molecular formula is C23H24N4O2. The molecule has 3 aromatic rings. The Morgan fingerprint density at radius 2 is 1.72 bits per heavy atom. The summed E-state index contributed by atoms with van der Waals surface area (Å²) in [6.45, 7) is 5.04. The van der Waals surface area contributed by atoms with Gasteiger partial charge in [0.2, 0.25) is 0 Å². The highest BCUT2D eigenvalue weighted by Crippen LogP contribution is 2.27. The summed E-state index contributed by atoms with van der Waals surface area (Å²) in [6.07, 6.45) is 1.64. The lowest BCUT2D eigenvalue weighted by Gasteiger charge is -2.30. The zero-order chi connectivity index (χ0) is 20.1. The third kappa shape index (κ3) is 4.55. The first-order valence-corrected chi connectivity index (χ1v) is 9.72. The van der Waals surface area contributed by atoms with E-state index in [-0.39, 0.29) is 5.91 Å². The summed E-state index contributed by atoms with van der Waals surface area (Å²) in [5.74, 6) is 0.467. The third-order valence-electron chi connectivity index (χ3n) is 4.93. The van der Waals surface area contributed by atoms with Crippen molar-refractivity contribution in [2.24, 2.45) is 0 Å². The molecule has 4 rings (SSSR count). The van der Waals surface area contributed by atoms with Gasteiger partial charge in [-0.05, 0) is 42.8 Å². The molecule has 1 fully saturated rings. The molecule has 148 valence electrons. The number of benzene rings is 2. The van der Waals surface area contributed by atoms with Gasteiger partial charge in [-0.15, -0.1) is 0 Å². The van der Waals surface area contributed by atoms with Gasteiger partial charge in [-0.2, -0.15) is 0 Å². The minimum Gasteiger partial charge on any atom is -0.378 e. The Bertz CT molecular complexity index is 999. The number of pyridine rings is 1. The van der Waals surface area contributed by atoms with Crippen molar-refractivity contribution in [3.05, 3.63) is 78.0 Å². The van der Waals surface area contributed by atoms with Gasteiger partial charge in [-0.1, -0.05) is 30.3 Å². The molecule has 1 aromatic heterocycles. The zero-order valence-electron chi connectivity index (χ0n) is 16.4. The number of hydrogen-bond donors (Lipinski definition) is 2. The number of para-hydroxylation sites is 3. The van der Waals surface area contributed by atoms with Crippen LogP contribution in [0.5, 0.6) is 0 Å². The second-order valence-electron chi connectivity index (χ2n) is 6.94. The number of carbonyl (C=O) groups excluding carboxylic acids is 1. The van der Waals surface area contributed by atoms with Gasteiger partial charge in [-0.25, -0.2) is 4.98 Å². The number of rotatable bonds is 5. The van der Waals surface area contributed by atoms with Crippen molar-refractivity contribution in [1.82, 2.24) is 4.98 Å². The SMILES string of the molecule is Cc1ccccc1Nc1cc(C(=O)Nc2ccccc2N2CCOCC2)ccn1. The van der Waals surface area contributed by atoms with Gasteiger partial charge in [0.25, 0.3) is 5.91 Å². The van der Waals surface area contributed by atoms with Crippen molar-refractivity contribution in [3.8, 4) is 0 Å². The second-order valence-corrected chi connectivity index (χ2v) is 6.94. The largest absolute Gasteiger partial charge is 0.378 e. The molecule has 0 spiro atoms. The summed E-state index contributed by atoms with van der Waals surface area (Å²) in [5.41, 5.74) is 4.44. The summed E-state index contributed by atoms with van der Waals surface area (Å²) in [5, 5.41) is 6.33. The number of nitrogens with zero attached hydrogens (tertiary/aromatic N) is 2. The van der Waals surface area contributed by atoms with E-state index in [0.29, 0.717) is 24.6 Å². The Balaban J connectivity index is 1.52. The Morgan fingerprint density at radius 1 is 1.00 bits per heavy atom. The van der Waals surface area contributed by atoms with Crippen LogP contribution in [-0.4, -0.2) is 37.2 Å². The van der Waals surface area contributed by atoms with Gasteiger partial charge in [0.1, 0.15) is 5.82 Å². The fraction of sp³-hybridized carbons (Fsp3) is 0.217. The molecule has 0 atom stereocenters. The van der Waals surface area contributed by atoms with E-state index in [0.717, 1.165) is 35.7 Å². The van der Waals surface area contributed by atoms with E-state index in [1.54, 1.807) is 18.3 Å². The predicted octanol–water partition coefficient (Wildman–Crippen LogP) is 4.22. The molecule has 0 saturated carbocycles. The molecule has 1 amide bonds. The number of aromatic nitrogens is 1. The summed E-state index contributed by atoms with van der Waals surface area (Å²) in [4.78, 5) is 19.5. The number of hydrogen-bond acceptors (Lipinski definition) is 5. The minimum atomic E-state index is -0.166. The molecule has 2 aromatic carbocycles. The normalized spacial score (nSPS) is 13.8. The maximum Gasteiger partial charge on any atom is 0.255 e. The van der Waals surface area contributed by atoms with E-state index in [9.17, 15) is 4.79 Å². The molecule has 6 nitrogen and oxygen atoms in total. The molecule has 2 N–H and O–H groups in total. The maximum atomic E-state index is 12.9. The highest BCUT2D eigenvalue weighted by molar-refractivity contribution is 6.06. The predicted molar refractivity (Wildman–Crippen MR) is 116 cm³/mol. The fourth-order valence-electron chi connectivity index (χ4n) is 3.35. The van der Waals surface area contributed by atoms with Crippen LogP contribution in [0.4, 0.5) is 22.9 Å². The first-order chi connectivity index (χ1) is 14.2. The summed E-state index contributed by atoms with van der Waals surface area (Å²) < 4.78 is 5.44. The standard InChI is InChI=1S/C23H24N4O2/c1-17-6-2-3-7-19(17)25-22-16-18(10-11-24-22)23(28)26-20-8-4-5-9-21(20)27-12-14-29-15-13-27/h2-11,16H,12-15H2,1H3,(H,24,25)(H,26,28). The average molecular weight is 388 g/mol. The van der Waals surface area contributed by atoms with Crippen LogP contribution in [0.15, 0.2) is 66.9 Å². The molecule has 6 heteroatoms. The van der Waals surface area contributed by atoms with Gasteiger partial charge >= 0.3 is 0 Å². The van der Waals surface area contributed by atoms with Crippen LogP contribution in [0, 0.1) is 6.92 Å². The lowest BCUT2D eigenvalue weighted by molar-refractivity contribution is 0.102. The number of anilines is 4. The molecule has 0 bridgehead atoms. The van der Waals surface area contributed by atoms with Crippen LogP contribution in [0.3, 0.4) is 0 Å². The molecule has 29 heavy (non-hydrogen) atoms. The maximum absolute atomic E-state index is 12.9. The van der Waals surface area contributed by atoms with Gasteiger partial charge < -0.3 is 20.3 Å². The van der Waals surface area contributed by atoms with Crippen LogP contribution in [0.1, 0.15) is 15.9 Å². The van der Waals surface area contributed by atoms with Crippen LogP contribution < -0.4 is 15.5 Å². The van der Waals surface area contributed by atoms with Crippen molar-refractivity contribution < 1.29 is 9.53 Å². The van der Waals surface area contributed by atoms with Crippen LogP contribution in [-0.2, 0) is 4.74 Å². The Labute approximate surface area is 170 Å². The number of amides is 1. The molecule has 0 aliphatic carbocycles. The van der Waals surface area contributed by atoms with E-state index < -0.39 is 0 Å². The van der Waals surface area contributed by atoms with Crippen molar-refractivity contribution in [2.45, 2.75) is 6.92 Å². The molecular weight excluding hydrogens is 364 g/mol. The van der Waals surface area contributed by atoms with E-state index in [2.05, 4.69) is 20.5 Å². The zero-order valence-corrected chi connectivity index (χ0v) is 16.4. The first-order valence-electron chi connectivity index (χ1n) is 9.72. The van der Waals surface area contributed by atoms with Gasteiger partial charge in [0, 0.05) is 30.5 Å². The minimum absolute atomic E-state index is 0.166. The number of nitrogens with one attached hydrogen (secondary N) is 2. The van der Waals surface area contributed by atoms with Gasteiger partial charge in [0.05, 0.1) is 24.6 Å². The van der Waals surface area contributed by atoms with Crippen LogP contribution in [0.2, 0.25) is 0 Å². The van der Waals surface area contributed by atoms with Crippen LogP contribution >= 0.6 is 0 Å². The Morgan fingerprint density at radius 3 is 2.52 bits per heavy atom. The molecule has 1 aliphatic heterocycles. The molecule has 1 aliphatic rings. The van der Waals surface area contributed by atoms with E-state index in [1.165, 1.54) is 0 Å². The van der Waals surface area contributed by atoms with Gasteiger partial charge in [-0.3, -0.25) is 4.79 Å². The lowest BCUT2D eigenvalue weighted by atomic mass is 10.2. The summed E-state index contributed by atoms with van der Waals surface area (Å²) in [7, 11) is 0. The molecule has 2 heterocycles. The highest BCUT2D eigenvalue weighted by Gasteiger charge is 2.16. The first kappa shape index (κ1) is 19.0. The number of ether oxygens (including phenoxy) is 1. The average Bonchev–Trinajstić information content (AvgIpc) is 2.76. The van der Waals surface area contributed by atoms with Crippen molar-refractivity contribution in [2.75, 3.05) is 41.8 Å². The summed E-state index contributed by atoms with van der Waals surface area (Å²) in [6, 6.07) is 19.3.